The third-order valence-corrected chi connectivity index (χ3v) is 13.9. The summed E-state index contributed by atoms with van der Waals surface area (Å²) in [5.74, 6) is 2.37. The number of pyridine rings is 2. The largest absolute Gasteiger partial charge is 0.457 e. The minimum Gasteiger partial charge on any atom is -0.457 e. The molecular weight excluding hydrogens is 793 g/mol. The van der Waals surface area contributed by atoms with E-state index in [0.717, 1.165) is 67.5 Å². The van der Waals surface area contributed by atoms with E-state index < -0.39 is 5.41 Å². The van der Waals surface area contributed by atoms with E-state index in [1.807, 2.05) is 48.8 Å². The zero-order valence-corrected chi connectivity index (χ0v) is 35.8. The second-order valence-electron chi connectivity index (χ2n) is 17.8. The van der Waals surface area contributed by atoms with E-state index in [0.29, 0.717) is 5.82 Å². The quantitative estimate of drug-likeness (QED) is 0.177. The minimum absolute atomic E-state index is 0.201. The van der Waals surface area contributed by atoms with Gasteiger partial charge in [-0.1, -0.05) is 147 Å². The molecule has 13 rings (SSSR count). The Morgan fingerprint density at radius 3 is 1.72 bits per heavy atom. The molecule has 0 N–H and O–H groups in total. The van der Waals surface area contributed by atoms with Gasteiger partial charge in [-0.05, 0) is 110 Å². The number of hydrogen-bond acceptors (Lipinski definition) is 5. The van der Waals surface area contributed by atoms with Crippen LogP contribution in [0, 0.1) is 0 Å². The SMILES string of the molecule is CC1(C)c2ccccc2-c2cc3c(cc21)Oc1ccccc1C31c2ccccc2-c2ccccc2-c2ccc(-c3cc(-c4ccc(-c5cccnc5)nc4)nc(-c4ccccc4)n3)cc21. The van der Waals surface area contributed by atoms with Gasteiger partial charge in [0, 0.05) is 57.4 Å². The first kappa shape index (κ1) is 37.3. The van der Waals surface area contributed by atoms with E-state index in [1.54, 1.807) is 6.20 Å². The van der Waals surface area contributed by atoms with Gasteiger partial charge in [0.25, 0.3) is 0 Å². The predicted octanol–water partition coefficient (Wildman–Crippen LogP) is 14.4. The van der Waals surface area contributed by atoms with Crippen molar-refractivity contribution in [3.63, 3.8) is 0 Å². The predicted molar refractivity (Wildman–Crippen MR) is 260 cm³/mol. The normalized spacial score (nSPS) is 15.5. The molecule has 5 heteroatoms. The average molecular weight is 833 g/mol. The number of benzene rings is 7. The monoisotopic (exact) mass is 832 g/mol. The fourth-order valence-electron chi connectivity index (χ4n) is 10.9. The third-order valence-electron chi connectivity index (χ3n) is 13.9. The number of fused-ring (bicyclic) bond motifs is 14. The summed E-state index contributed by atoms with van der Waals surface area (Å²) in [6.45, 7) is 4.67. The zero-order valence-electron chi connectivity index (χ0n) is 35.8. The summed E-state index contributed by atoms with van der Waals surface area (Å²) < 4.78 is 7.12. The number of ether oxygens (including phenoxy) is 1. The average Bonchev–Trinajstić information content (AvgIpc) is 3.53. The standard InChI is InChI=1S/C60H40N4O/c1-59(2)47-22-10-8-21-44(47)46-32-52-57(33-50(46)59)65-56-25-13-12-24-49(56)60(52)48-23-11-9-20-43(48)41-18-6-7-19-42(41)45-28-26-38(31-51(45)60)54-34-55(64-58(63-54)37-15-4-3-5-16-37)40-27-29-53(62-36-40)39-17-14-30-61-35-39/h3-36H,1-2H3. The van der Waals surface area contributed by atoms with Crippen molar-refractivity contribution in [1.29, 1.82) is 0 Å². The number of hydrogen-bond donors (Lipinski definition) is 0. The van der Waals surface area contributed by atoms with Crippen LogP contribution in [0.3, 0.4) is 0 Å². The number of aromatic nitrogens is 4. The molecule has 5 nitrogen and oxygen atoms in total. The van der Waals surface area contributed by atoms with Gasteiger partial charge in [-0.3, -0.25) is 9.97 Å². The van der Waals surface area contributed by atoms with Crippen molar-refractivity contribution in [3.05, 3.63) is 240 Å². The summed E-state index contributed by atoms with van der Waals surface area (Å²) in [5.41, 5.74) is 19.7. The Morgan fingerprint density at radius 2 is 0.985 bits per heavy atom. The van der Waals surface area contributed by atoms with E-state index in [9.17, 15) is 0 Å². The van der Waals surface area contributed by atoms with Gasteiger partial charge in [0.05, 0.1) is 22.5 Å². The highest BCUT2D eigenvalue weighted by Crippen LogP contribution is 2.63. The Balaban J connectivity index is 1.11. The van der Waals surface area contributed by atoms with Crippen LogP contribution in [0.2, 0.25) is 0 Å². The van der Waals surface area contributed by atoms with Gasteiger partial charge in [-0.25, -0.2) is 9.97 Å². The zero-order chi connectivity index (χ0) is 43.3. The molecular formula is C60H40N4O. The molecule has 0 saturated heterocycles. The Kier molecular flexibility index (Phi) is 8.10. The highest BCUT2D eigenvalue weighted by molar-refractivity contribution is 5.95. The summed E-state index contributed by atoms with van der Waals surface area (Å²) >= 11 is 0. The lowest BCUT2D eigenvalue weighted by molar-refractivity contribution is 0.433. The van der Waals surface area contributed by atoms with Crippen molar-refractivity contribution in [3.8, 4) is 90.0 Å². The molecule has 1 aliphatic heterocycles. The molecule has 2 aliphatic carbocycles. The van der Waals surface area contributed by atoms with Crippen molar-refractivity contribution >= 4 is 0 Å². The molecule has 0 saturated carbocycles. The summed E-state index contributed by atoms with van der Waals surface area (Å²) in [6.07, 6.45) is 5.51. The second-order valence-corrected chi connectivity index (χ2v) is 17.8. The molecule has 1 spiro atoms. The molecule has 3 aliphatic rings. The molecule has 0 fully saturated rings. The molecule has 306 valence electrons. The molecule has 1 unspecified atom stereocenters. The molecule has 1 atom stereocenters. The van der Waals surface area contributed by atoms with Crippen molar-refractivity contribution in [2.24, 2.45) is 0 Å². The van der Waals surface area contributed by atoms with E-state index in [4.69, 9.17) is 19.7 Å². The first-order valence-corrected chi connectivity index (χ1v) is 22.2. The van der Waals surface area contributed by atoms with Gasteiger partial charge in [-0.15, -0.1) is 0 Å². The lowest BCUT2D eigenvalue weighted by Crippen LogP contribution is -2.35. The van der Waals surface area contributed by atoms with Gasteiger partial charge in [0.2, 0.25) is 0 Å². The molecule has 10 aromatic rings. The maximum Gasteiger partial charge on any atom is 0.160 e. The maximum atomic E-state index is 7.12. The molecule has 0 bridgehead atoms. The van der Waals surface area contributed by atoms with Crippen LogP contribution in [0.4, 0.5) is 0 Å². The highest BCUT2D eigenvalue weighted by Gasteiger charge is 2.51. The van der Waals surface area contributed by atoms with Crippen LogP contribution < -0.4 is 4.74 Å². The lowest BCUT2D eigenvalue weighted by Gasteiger charge is -2.43. The first-order valence-electron chi connectivity index (χ1n) is 22.2. The Morgan fingerprint density at radius 1 is 0.369 bits per heavy atom. The topological polar surface area (TPSA) is 60.8 Å². The molecule has 7 aromatic carbocycles. The van der Waals surface area contributed by atoms with Crippen LogP contribution in [-0.4, -0.2) is 19.9 Å². The molecule has 65 heavy (non-hydrogen) atoms. The summed E-state index contributed by atoms with van der Waals surface area (Å²) in [6, 6.07) is 67.5. The smallest absolute Gasteiger partial charge is 0.160 e. The maximum absolute atomic E-state index is 7.12. The van der Waals surface area contributed by atoms with Crippen LogP contribution in [0.1, 0.15) is 47.2 Å². The van der Waals surface area contributed by atoms with Crippen LogP contribution in [0.5, 0.6) is 11.5 Å². The summed E-state index contributed by atoms with van der Waals surface area (Å²) in [5, 5.41) is 0. The number of rotatable bonds is 4. The van der Waals surface area contributed by atoms with Gasteiger partial charge in [0.15, 0.2) is 5.82 Å². The number of nitrogens with zero attached hydrogens (tertiary/aromatic N) is 4. The van der Waals surface area contributed by atoms with E-state index in [1.165, 1.54) is 50.1 Å². The van der Waals surface area contributed by atoms with Gasteiger partial charge in [-0.2, -0.15) is 0 Å². The van der Waals surface area contributed by atoms with Gasteiger partial charge < -0.3 is 4.74 Å². The Labute approximate surface area is 377 Å². The van der Waals surface area contributed by atoms with E-state index >= 15 is 0 Å². The summed E-state index contributed by atoms with van der Waals surface area (Å²) in [4.78, 5) is 19.7. The van der Waals surface area contributed by atoms with Crippen LogP contribution >= 0.6 is 0 Å². The lowest BCUT2D eigenvalue weighted by atomic mass is 9.61. The van der Waals surface area contributed by atoms with E-state index in [2.05, 4.69) is 170 Å². The van der Waals surface area contributed by atoms with E-state index in [-0.39, 0.29) is 5.41 Å². The highest BCUT2D eigenvalue weighted by atomic mass is 16.5. The molecule has 3 aromatic heterocycles. The van der Waals surface area contributed by atoms with Crippen molar-refractivity contribution in [1.82, 2.24) is 19.9 Å². The van der Waals surface area contributed by atoms with Crippen molar-refractivity contribution in [2.45, 2.75) is 24.7 Å². The minimum atomic E-state index is -0.800. The van der Waals surface area contributed by atoms with Crippen LogP contribution in [0.25, 0.3) is 78.5 Å². The van der Waals surface area contributed by atoms with Crippen molar-refractivity contribution in [2.75, 3.05) is 0 Å². The van der Waals surface area contributed by atoms with Gasteiger partial charge >= 0.3 is 0 Å². The summed E-state index contributed by atoms with van der Waals surface area (Å²) in [7, 11) is 0. The fraction of sp³-hybridized carbons (Fsp3) is 0.0667. The first-order chi connectivity index (χ1) is 32.0. The van der Waals surface area contributed by atoms with Crippen LogP contribution in [-0.2, 0) is 10.8 Å². The molecule has 0 amide bonds. The Hall–Kier alpha value is -8.28. The second kappa shape index (κ2) is 14.1. The van der Waals surface area contributed by atoms with Crippen molar-refractivity contribution < 1.29 is 4.74 Å². The van der Waals surface area contributed by atoms with Crippen LogP contribution in [0.15, 0.2) is 207 Å². The number of para-hydroxylation sites is 1. The van der Waals surface area contributed by atoms with Gasteiger partial charge in [0.1, 0.15) is 11.5 Å². The Bertz CT molecular complexity index is 3540. The molecule has 0 radical (unpaired) electrons. The third kappa shape index (κ3) is 5.52. The fourth-order valence-corrected chi connectivity index (χ4v) is 10.9. The molecule has 4 heterocycles.